The molecule has 84 valence electrons. The fourth-order valence-corrected chi connectivity index (χ4v) is 1.86. The first-order valence-electron chi connectivity index (χ1n) is 5.21. The Morgan fingerprint density at radius 2 is 2.14 bits per heavy atom. The zero-order valence-corrected chi connectivity index (χ0v) is 9.67. The lowest BCUT2D eigenvalue weighted by atomic mass is 10.0. The predicted octanol–water partition coefficient (Wildman–Crippen LogP) is 2.06. The van der Waals surface area contributed by atoms with Gasteiger partial charge in [0.05, 0.1) is 6.42 Å². The molecule has 3 nitrogen and oxygen atoms in total. The van der Waals surface area contributed by atoms with Gasteiger partial charge in [0.2, 0.25) is 0 Å². The molecule has 0 amide bonds. The minimum absolute atomic E-state index is 0.0465. The Morgan fingerprint density at radius 3 is 2.64 bits per heavy atom. The zero-order valence-electron chi connectivity index (χ0n) is 8.78. The Balaban J connectivity index is 3.49. The Labute approximate surface area is 91.5 Å². The standard InChI is InChI=1S/C10H21NO2S/c1-2-3-4-5-9(14)6-8(11)7-10(12)13/h8-9,14H,2-7,11H2,1H3,(H,12,13)/t8-,9-/m1/s1. The third kappa shape index (κ3) is 8.38. The molecular formula is C10H21NO2S. The number of nitrogens with two attached hydrogens (primary N) is 1. The quantitative estimate of drug-likeness (QED) is 0.432. The molecular weight excluding hydrogens is 198 g/mol. The maximum Gasteiger partial charge on any atom is 0.304 e. The normalized spacial score (nSPS) is 15.1. The molecule has 0 heterocycles. The van der Waals surface area contributed by atoms with Crippen molar-refractivity contribution >= 4 is 18.6 Å². The van der Waals surface area contributed by atoms with Gasteiger partial charge in [-0.1, -0.05) is 26.2 Å². The number of carbonyl (C=O) groups is 1. The summed E-state index contributed by atoms with van der Waals surface area (Å²) in [6.07, 6.45) is 5.34. The number of aliphatic carboxylic acids is 1. The fourth-order valence-electron chi connectivity index (χ4n) is 1.40. The van der Waals surface area contributed by atoms with Crippen LogP contribution in [-0.4, -0.2) is 22.4 Å². The predicted molar refractivity (Wildman–Crippen MR) is 61.8 cm³/mol. The fraction of sp³-hybridized carbons (Fsp3) is 0.900. The molecule has 0 aliphatic rings. The second-order valence-corrected chi connectivity index (χ2v) is 4.47. The van der Waals surface area contributed by atoms with E-state index in [0.717, 1.165) is 12.8 Å². The number of carboxylic acids is 1. The first-order valence-corrected chi connectivity index (χ1v) is 5.73. The van der Waals surface area contributed by atoms with Crippen LogP contribution in [-0.2, 0) is 4.79 Å². The minimum atomic E-state index is -0.827. The molecule has 0 rings (SSSR count). The maximum atomic E-state index is 10.3. The van der Waals surface area contributed by atoms with Gasteiger partial charge in [-0.3, -0.25) is 4.79 Å². The second-order valence-electron chi connectivity index (χ2n) is 3.74. The first kappa shape index (κ1) is 13.8. The van der Waals surface area contributed by atoms with E-state index in [0.29, 0.717) is 6.42 Å². The van der Waals surface area contributed by atoms with E-state index in [1.54, 1.807) is 0 Å². The van der Waals surface area contributed by atoms with E-state index in [4.69, 9.17) is 10.8 Å². The van der Waals surface area contributed by atoms with Crippen molar-refractivity contribution in [3.63, 3.8) is 0 Å². The highest BCUT2D eigenvalue weighted by Crippen LogP contribution is 2.14. The van der Waals surface area contributed by atoms with Gasteiger partial charge in [-0.25, -0.2) is 0 Å². The van der Waals surface area contributed by atoms with Crippen molar-refractivity contribution in [3.05, 3.63) is 0 Å². The van der Waals surface area contributed by atoms with Crippen LogP contribution in [0.4, 0.5) is 0 Å². The summed E-state index contributed by atoms with van der Waals surface area (Å²) in [5.74, 6) is -0.827. The van der Waals surface area contributed by atoms with Crippen LogP contribution in [0.2, 0.25) is 0 Å². The monoisotopic (exact) mass is 219 g/mol. The van der Waals surface area contributed by atoms with Crippen molar-refractivity contribution in [1.82, 2.24) is 0 Å². The smallest absolute Gasteiger partial charge is 0.304 e. The first-order chi connectivity index (χ1) is 6.56. The lowest BCUT2D eigenvalue weighted by Crippen LogP contribution is -2.27. The summed E-state index contributed by atoms with van der Waals surface area (Å²) in [7, 11) is 0. The molecule has 0 saturated carbocycles. The third-order valence-electron chi connectivity index (χ3n) is 2.15. The number of thiol groups is 1. The summed E-state index contributed by atoms with van der Waals surface area (Å²) < 4.78 is 0. The van der Waals surface area contributed by atoms with Gasteiger partial charge < -0.3 is 10.8 Å². The molecule has 0 fully saturated rings. The van der Waals surface area contributed by atoms with Gasteiger partial charge in [-0.2, -0.15) is 12.6 Å². The molecule has 0 radical (unpaired) electrons. The van der Waals surface area contributed by atoms with Gasteiger partial charge in [0, 0.05) is 11.3 Å². The van der Waals surface area contributed by atoms with Crippen LogP contribution in [0.25, 0.3) is 0 Å². The minimum Gasteiger partial charge on any atom is -0.481 e. The third-order valence-corrected chi connectivity index (χ3v) is 2.62. The number of hydrogen-bond donors (Lipinski definition) is 3. The summed E-state index contributed by atoms with van der Waals surface area (Å²) in [4.78, 5) is 10.3. The highest BCUT2D eigenvalue weighted by atomic mass is 32.1. The Morgan fingerprint density at radius 1 is 1.50 bits per heavy atom. The largest absolute Gasteiger partial charge is 0.481 e. The number of unbranched alkanes of at least 4 members (excludes halogenated alkanes) is 2. The van der Waals surface area contributed by atoms with Crippen LogP contribution in [0, 0.1) is 0 Å². The van der Waals surface area contributed by atoms with Crippen LogP contribution >= 0.6 is 12.6 Å². The van der Waals surface area contributed by atoms with Crippen LogP contribution < -0.4 is 5.73 Å². The topological polar surface area (TPSA) is 63.3 Å². The van der Waals surface area contributed by atoms with Crippen LogP contribution in [0.1, 0.15) is 45.4 Å². The molecule has 0 bridgehead atoms. The average Bonchev–Trinajstić information content (AvgIpc) is 2.02. The molecule has 3 N–H and O–H groups in total. The molecule has 0 aromatic carbocycles. The highest BCUT2D eigenvalue weighted by molar-refractivity contribution is 7.80. The van der Waals surface area contributed by atoms with Crippen molar-refractivity contribution in [2.75, 3.05) is 0 Å². The van der Waals surface area contributed by atoms with Crippen LogP contribution in [0.15, 0.2) is 0 Å². The molecule has 0 unspecified atom stereocenters. The molecule has 14 heavy (non-hydrogen) atoms. The lowest BCUT2D eigenvalue weighted by molar-refractivity contribution is -0.137. The van der Waals surface area contributed by atoms with Gasteiger partial charge >= 0.3 is 5.97 Å². The number of rotatable bonds is 8. The van der Waals surface area contributed by atoms with E-state index in [9.17, 15) is 4.79 Å². The van der Waals surface area contributed by atoms with Crippen molar-refractivity contribution < 1.29 is 9.90 Å². The van der Waals surface area contributed by atoms with E-state index < -0.39 is 5.97 Å². The second kappa shape index (κ2) is 8.12. The van der Waals surface area contributed by atoms with Crippen molar-refractivity contribution in [3.8, 4) is 0 Å². The molecule has 0 spiro atoms. The number of hydrogen-bond acceptors (Lipinski definition) is 3. The molecule has 2 atom stereocenters. The van der Waals surface area contributed by atoms with Gasteiger partial charge in [-0.15, -0.1) is 0 Å². The Kier molecular flexibility index (Phi) is 7.99. The molecule has 0 saturated heterocycles. The van der Waals surface area contributed by atoms with Gasteiger partial charge in [0.25, 0.3) is 0 Å². The zero-order chi connectivity index (χ0) is 11.0. The summed E-state index contributed by atoms with van der Waals surface area (Å²) in [6.45, 7) is 2.16. The summed E-state index contributed by atoms with van der Waals surface area (Å²) in [6, 6.07) is -0.253. The van der Waals surface area contributed by atoms with Crippen molar-refractivity contribution in [1.29, 1.82) is 0 Å². The molecule has 0 aromatic rings. The molecule has 0 aromatic heterocycles. The van der Waals surface area contributed by atoms with Gasteiger partial charge in [-0.05, 0) is 12.8 Å². The average molecular weight is 219 g/mol. The Bertz CT molecular complexity index is 164. The van der Waals surface area contributed by atoms with E-state index >= 15 is 0 Å². The highest BCUT2D eigenvalue weighted by Gasteiger charge is 2.12. The van der Waals surface area contributed by atoms with Crippen molar-refractivity contribution in [2.45, 2.75) is 56.7 Å². The van der Waals surface area contributed by atoms with Crippen LogP contribution in [0.5, 0.6) is 0 Å². The van der Waals surface area contributed by atoms with Crippen LogP contribution in [0.3, 0.4) is 0 Å². The molecule has 0 aliphatic heterocycles. The van der Waals surface area contributed by atoms with E-state index in [-0.39, 0.29) is 17.7 Å². The Hall–Kier alpha value is -0.220. The van der Waals surface area contributed by atoms with Crippen molar-refractivity contribution in [2.24, 2.45) is 5.73 Å². The summed E-state index contributed by atoms with van der Waals surface area (Å²) >= 11 is 4.39. The summed E-state index contributed by atoms with van der Waals surface area (Å²) in [5, 5.41) is 8.75. The van der Waals surface area contributed by atoms with Gasteiger partial charge in [0.1, 0.15) is 0 Å². The lowest BCUT2D eigenvalue weighted by Gasteiger charge is -2.14. The van der Waals surface area contributed by atoms with E-state index in [1.807, 2.05) is 0 Å². The molecule has 0 aliphatic carbocycles. The molecule has 4 heteroatoms. The van der Waals surface area contributed by atoms with E-state index in [1.165, 1.54) is 12.8 Å². The number of carboxylic acid groups (broad SMARTS) is 1. The van der Waals surface area contributed by atoms with Gasteiger partial charge in [0.15, 0.2) is 0 Å². The summed E-state index contributed by atoms with van der Waals surface area (Å²) in [5.41, 5.74) is 5.65. The maximum absolute atomic E-state index is 10.3. The SMILES string of the molecule is CCCCC[C@@H](S)C[C@@H](N)CC(=O)O. The van der Waals surface area contributed by atoms with E-state index in [2.05, 4.69) is 19.6 Å².